The van der Waals surface area contributed by atoms with E-state index in [0.717, 1.165) is 24.8 Å². The summed E-state index contributed by atoms with van der Waals surface area (Å²) in [6.45, 7) is 8.33. The Bertz CT molecular complexity index is 1480. The number of rotatable bonds is 6. The molecule has 10 nitrogen and oxygen atoms in total. The Hall–Kier alpha value is -3.80. The first-order valence-corrected chi connectivity index (χ1v) is 13.1. The normalized spacial score (nSPS) is 16.7. The van der Waals surface area contributed by atoms with Crippen molar-refractivity contribution < 1.29 is 22.7 Å². The standard InChI is InChI=1S/C27H33F2N7O3/c1-16-19-8-7-18(14-21(19)36(34-16)26(37)39-27(2,3)4)31-25-32-20-10-13-38-23(20)24(33-25)35-11-5-6-17(9-12-35)30-15-22(28)29/h7-8,10,13-14,17,22,30H,5-6,9,11-12,15H2,1-4H3,(H,31,32,33). The first-order valence-electron chi connectivity index (χ1n) is 13.1. The van der Waals surface area contributed by atoms with Crippen LogP contribution >= 0.6 is 0 Å². The van der Waals surface area contributed by atoms with E-state index in [-0.39, 0.29) is 12.6 Å². The fourth-order valence-corrected chi connectivity index (χ4v) is 4.81. The van der Waals surface area contributed by atoms with Crippen molar-refractivity contribution in [3.8, 4) is 0 Å². The quantitative estimate of drug-likeness (QED) is 0.321. The summed E-state index contributed by atoms with van der Waals surface area (Å²) in [5.74, 6) is 1.02. The summed E-state index contributed by atoms with van der Waals surface area (Å²) in [4.78, 5) is 24.3. The summed E-state index contributed by atoms with van der Waals surface area (Å²) in [7, 11) is 0. The number of ether oxygens (including phenoxy) is 1. The van der Waals surface area contributed by atoms with Crippen molar-refractivity contribution in [2.24, 2.45) is 0 Å². The summed E-state index contributed by atoms with van der Waals surface area (Å²) in [6.07, 6.45) is 1.01. The summed E-state index contributed by atoms with van der Waals surface area (Å²) < 4.78 is 37.9. The highest BCUT2D eigenvalue weighted by molar-refractivity contribution is 5.92. The van der Waals surface area contributed by atoms with Gasteiger partial charge in [-0.25, -0.2) is 18.6 Å². The first kappa shape index (κ1) is 26.8. The average Bonchev–Trinajstić information content (AvgIpc) is 3.38. The molecule has 1 aromatic carbocycles. The summed E-state index contributed by atoms with van der Waals surface area (Å²) >= 11 is 0. The van der Waals surface area contributed by atoms with Gasteiger partial charge >= 0.3 is 6.09 Å². The van der Waals surface area contributed by atoms with Gasteiger partial charge < -0.3 is 24.7 Å². The predicted octanol–water partition coefficient (Wildman–Crippen LogP) is 5.62. The first-order chi connectivity index (χ1) is 18.6. The zero-order chi connectivity index (χ0) is 27.7. The van der Waals surface area contributed by atoms with Crippen LogP contribution in [0.15, 0.2) is 34.9 Å². The molecule has 5 rings (SSSR count). The molecule has 4 aromatic rings. The Labute approximate surface area is 224 Å². The maximum Gasteiger partial charge on any atom is 0.435 e. The number of nitrogens with one attached hydrogen (secondary N) is 2. The van der Waals surface area contributed by atoms with Crippen LogP contribution in [0.4, 0.5) is 31.0 Å². The number of anilines is 3. The van der Waals surface area contributed by atoms with E-state index in [4.69, 9.17) is 14.1 Å². The van der Waals surface area contributed by atoms with Crippen molar-refractivity contribution >= 4 is 45.5 Å². The number of hydrogen-bond acceptors (Lipinski definition) is 9. The van der Waals surface area contributed by atoms with Crippen LogP contribution in [0.3, 0.4) is 0 Å². The highest BCUT2D eigenvalue weighted by atomic mass is 19.3. The summed E-state index contributed by atoms with van der Waals surface area (Å²) in [5, 5.41) is 11.4. The summed E-state index contributed by atoms with van der Waals surface area (Å²) in [6, 6.07) is 7.39. The largest absolute Gasteiger partial charge is 0.459 e. The highest BCUT2D eigenvalue weighted by Crippen LogP contribution is 2.30. The van der Waals surface area contributed by atoms with E-state index < -0.39 is 18.1 Å². The third-order valence-electron chi connectivity index (χ3n) is 6.56. The van der Waals surface area contributed by atoms with E-state index >= 15 is 0 Å². The van der Waals surface area contributed by atoms with Crippen LogP contribution in [0.5, 0.6) is 0 Å². The minimum absolute atomic E-state index is 0.0283. The van der Waals surface area contributed by atoms with Gasteiger partial charge in [0.05, 0.1) is 24.0 Å². The van der Waals surface area contributed by atoms with E-state index in [1.165, 1.54) is 4.68 Å². The zero-order valence-electron chi connectivity index (χ0n) is 22.5. The van der Waals surface area contributed by atoms with E-state index in [2.05, 4.69) is 25.6 Å². The number of fused-ring (bicyclic) bond motifs is 2. The number of furan rings is 1. The van der Waals surface area contributed by atoms with Gasteiger partial charge in [-0.05, 0) is 65.2 Å². The molecule has 0 spiro atoms. The Morgan fingerprint density at radius 3 is 2.79 bits per heavy atom. The van der Waals surface area contributed by atoms with Crippen LogP contribution in [0, 0.1) is 6.92 Å². The van der Waals surface area contributed by atoms with Crippen molar-refractivity contribution in [3.05, 3.63) is 36.2 Å². The van der Waals surface area contributed by atoms with Gasteiger partial charge in [-0.15, -0.1) is 0 Å². The van der Waals surface area contributed by atoms with Crippen LogP contribution in [0.2, 0.25) is 0 Å². The SMILES string of the molecule is Cc1nn(C(=O)OC(C)(C)C)c2cc(Nc3nc(N4CCCC(NCC(F)F)CC4)c4occc4n3)ccc12. The lowest BCUT2D eigenvalue weighted by Crippen LogP contribution is -2.34. The molecule has 1 aliphatic rings. The monoisotopic (exact) mass is 541 g/mol. The van der Waals surface area contributed by atoms with E-state index in [0.29, 0.717) is 52.7 Å². The number of aromatic nitrogens is 4. The second-order valence-corrected chi connectivity index (χ2v) is 10.8. The number of benzene rings is 1. The topological polar surface area (TPSA) is 110 Å². The number of aryl methyl sites for hydroxylation is 1. The lowest BCUT2D eigenvalue weighted by atomic mass is 10.1. The maximum absolute atomic E-state index is 12.8. The molecule has 0 aliphatic carbocycles. The second kappa shape index (κ2) is 10.8. The van der Waals surface area contributed by atoms with Crippen LogP contribution in [0.25, 0.3) is 22.0 Å². The minimum Gasteiger partial charge on any atom is -0.459 e. The molecule has 4 heterocycles. The fourth-order valence-electron chi connectivity index (χ4n) is 4.81. The van der Waals surface area contributed by atoms with Gasteiger partial charge in [0.2, 0.25) is 5.95 Å². The molecule has 0 saturated carbocycles. The van der Waals surface area contributed by atoms with E-state index in [1.54, 1.807) is 12.3 Å². The number of carbonyl (C=O) groups excluding carboxylic acids is 1. The Morgan fingerprint density at radius 1 is 1.21 bits per heavy atom. The summed E-state index contributed by atoms with van der Waals surface area (Å²) in [5.41, 5.74) is 2.56. The molecular weight excluding hydrogens is 508 g/mol. The molecule has 1 saturated heterocycles. The molecule has 2 N–H and O–H groups in total. The van der Waals surface area contributed by atoms with Gasteiger partial charge in [0.25, 0.3) is 6.43 Å². The maximum atomic E-state index is 12.8. The minimum atomic E-state index is -2.37. The molecule has 12 heteroatoms. The van der Waals surface area contributed by atoms with Crippen molar-refractivity contribution in [3.63, 3.8) is 0 Å². The third-order valence-corrected chi connectivity index (χ3v) is 6.56. The molecule has 1 fully saturated rings. The highest BCUT2D eigenvalue weighted by Gasteiger charge is 2.24. The van der Waals surface area contributed by atoms with E-state index in [1.807, 2.05) is 45.9 Å². The lowest BCUT2D eigenvalue weighted by molar-refractivity contribution is 0.0522. The number of halogens is 2. The van der Waals surface area contributed by atoms with Crippen LogP contribution in [-0.4, -0.2) is 63.5 Å². The Morgan fingerprint density at radius 2 is 2.03 bits per heavy atom. The molecule has 208 valence electrons. The lowest BCUT2D eigenvalue weighted by Gasteiger charge is -2.22. The molecule has 0 amide bonds. The number of carbonyl (C=O) groups is 1. The second-order valence-electron chi connectivity index (χ2n) is 10.8. The molecule has 0 bridgehead atoms. The van der Waals surface area contributed by atoms with Crippen molar-refractivity contribution in [2.75, 3.05) is 29.9 Å². The molecule has 1 atom stereocenters. The van der Waals surface area contributed by atoms with Crippen molar-refractivity contribution in [1.82, 2.24) is 25.1 Å². The molecule has 1 unspecified atom stereocenters. The number of alkyl halides is 2. The molecule has 3 aromatic heterocycles. The predicted molar refractivity (Wildman–Crippen MR) is 145 cm³/mol. The van der Waals surface area contributed by atoms with Crippen LogP contribution < -0.4 is 15.5 Å². The number of hydrogen-bond donors (Lipinski definition) is 2. The van der Waals surface area contributed by atoms with Crippen molar-refractivity contribution in [1.29, 1.82) is 0 Å². The molecular formula is C27H33F2N7O3. The van der Waals surface area contributed by atoms with Gasteiger partial charge in [0, 0.05) is 36.3 Å². The van der Waals surface area contributed by atoms with Crippen molar-refractivity contribution in [2.45, 2.75) is 65.0 Å². The third kappa shape index (κ3) is 6.11. The van der Waals surface area contributed by atoms with Gasteiger partial charge in [-0.2, -0.15) is 14.8 Å². The van der Waals surface area contributed by atoms with Gasteiger partial charge in [-0.1, -0.05) is 0 Å². The zero-order valence-corrected chi connectivity index (χ0v) is 22.5. The Kier molecular flexibility index (Phi) is 7.39. The van der Waals surface area contributed by atoms with Crippen LogP contribution in [0.1, 0.15) is 45.7 Å². The molecule has 0 radical (unpaired) electrons. The van der Waals surface area contributed by atoms with Gasteiger partial charge in [0.15, 0.2) is 11.4 Å². The van der Waals surface area contributed by atoms with E-state index in [9.17, 15) is 13.6 Å². The molecule has 39 heavy (non-hydrogen) atoms. The average molecular weight is 542 g/mol. The van der Waals surface area contributed by atoms with Gasteiger partial charge in [0.1, 0.15) is 11.1 Å². The van der Waals surface area contributed by atoms with Crippen LogP contribution in [-0.2, 0) is 4.74 Å². The molecule has 1 aliphatic heterocycles. The Balaban J connectivity index is 1.41. The fraction of sp³-hybridized carbons (Fsp3) is 0.481. The smallest absolute Gasteiger partial charge is 0.435 e. The van der Waals surface area contributed by atoms with Gasteiger partial charge in [-0.3, -0.25) is 0 Å². The number of nitrogens with zero attached hydrogens (tertiary/aromatic N) is 5.